The summed E-state index contributed by atoms with van der Waals surface area (Å²) in [6.07, 6.45) is 10.2. The molecule has 4 heteroatoms. The van der Waals surface area contributed by atoms with Gasteiger partial charge in [-0.05, 0) is 37.8 Å². The highest BCUT2D eigenvalue weighted by Gasteiger charge is 2.22. The van der Waals surface area contributed by atoms with Crippen molar-refractivity contribution in [3.8, 4) is 0 Å². The lowest BCUT2D eigenvalue weighted by molar-refractivity contribution is 0.304. The molecule has 0 amide bonds. The summed E-state index contributed by atoms with van der Waals surface area (Å²) in [4.78, 5) is 2.49. The Labute approximate surface area is 120 Å². The average molecular weight is 282 g/mol. The van der Waals surface area contributed by atoms with Gasteiger partial charge in [0.25, 0.3) is 0 Å². The summed E-state index contributed by atoms with van der Waals surface area (Å²) < 4.78 is 2.21. The Balaban J connectivity index is 1.56. The van der Waals surface area contributed by atoms with E-state index in [-0.39, 0.29) is 0 Å². The van der Waals surface area contributed by atoms with Crippen LogP contribution in [0.1, 0.15) is 50.3 Å². The minimum Gasteiger partial charge on any atom is -0.297 e. The first-order valence-electron chi connectivity index (χ1n) is 7.67. The van der Waals surface area contributed by atoms with Crippen molar-refractivity contribution >= 4 is 11.6 Å². The second-order valence-electron chi connectivity index (χ2n) is 6.12. The van der Waals surface area contributed by atoms with Gasteiger partial charge in [0.2, 0.25) is 0 Å². The maximum atomic E-state index is 5.94. The number of aromatic nitrogens is 2. The number of hydrogen-bond acceptors (Lipinski definition) is 2. The minimum absolute atomic E-state index is 0.650. The molecule has 1 saturated carbocycles. The molecule has 19 heavy (non-hydrogen) atoms. The topological polar surface area (TPSA) is 21.1 Å². The highest BCUT2D eigenvalue weighted by molar-refractivity contribution is 6.18. The van der Waals surface area contributed by atoms with Gasteiger partial charge in [-0.1, -0.05) is 19.3 Å². The number of rotatable bonds is 4. The molecule has 1 atom stereocenters. The van der Waals surface area contributed by atoms with E-state index in [1.165, 1.54) is 50.8 Å². The van der Waals surface area contributed by atoms with Gasteiger partial charge in [0.05, 0.1) is 11.7 Å². The third-order valence-electron chi connectivity index (χ3n) is 4.59. The molecule has 0 N–H and O–H groups in total. The summed E-state index contributed by atoms with van der Waals surface area (Å²) in [6.45, 7) is 3.31. The van der Waals surface area contributed by atoms with E-state index in [1.54, 1.807) is 0 Å². The van der Waals surface area contributed by atoms with Gasteiger partial charge < -0.3 is 0 Å². The van der Waals surface area contributed by atoms with E-state index in [9.17, 15) is 0 Å². The van der Waals surface area contributed by atoms with Crippen LogP contribution in [0.3, 0.4) is 0 Å². The zero-order valence-electron chi connectivity index (χ0n) is 11.6. The van der Waals surface area contributed by atoms with Gasteiger partial charge in [-0.3, -0.25) is 9.58 Å². The molecule has 1 saturated heterocycles. The van der Waals surface area contributed by atoms with Gasteiger partial charge in [0, 0.05) is 25.2 Å². The molecule has 2 heterocycles. The lowest BCUT2D eigenvalue weighted by Gasteiger charge is -2.22. The Morgan fingerprint density at radius 3 is 2.79 bits per heavy atom. The van der Waals surface area contributed by atoms with Crippen LogP contribution in [0.2, 0.25) is 0 Å². The van der Waals surface area contributed by atoms with Crippen LogP contribution in [-0.4, -0.2) is 33.6 Å². The summed E-state index contributed by atoms with van der Waals surface area (Å²) in [5.74, 6) is 1.48. The normalized spacial score (nSPS) is 26.1. The monoisotopic (exact) mass is 281 g/mol. The van der Waals surface area contributed by atoms with E-state index in [4.69, 9.17) is 16.7 Å². The second-order valence-corrected chi connectivity index (χ2v) is 6.43. The summed E-state index contributed by atoms with van der Waals surface area (Å²) in [6, 6.07) is 2.85. The quantitative estimate of drug-likeness (QED) is 0.788. The maximum absolute atomic E-state index is 5.94. The number of alkyl halides is 1. The maximum Gasteiger partial charge on any atom is 0.0764 e. The molecule has 106 valence electrons. The molecule has 3 nitrogen and oxygen atoms in total. The highest BCUT2D eigenvalue weighted by atomic mass is 35.5. The van der Waals surface area contributed by atoms with E-state index in [0.29, 0.717) is 12.0 Å². The van der Waals surface area contributed by atoms with E-state index in [2.05, 4.69) is 21.8 Å². The van der Waals surface area contributed by atoms with Gasteiger partial charge in [-0.2, -0.15) is 5.10 Å². The Morgan fingerprint density at radius 2 is 2.05 bits per heavy atom. The molecule has 1 aliphatic heterocycles. The van der Waals surface area contributed by atoms with E-state index in [0.717, 1.165) is 19.0 Å². The molecular weight excluding hydrogens is 258 g/mol. The zero-order chi connectivity index (χ0) is 13.1. The van der Waals surface area contributed by atoms with Crippen LogP contribution in [0, 0.1) is 5.92 Å². The molecule has 0 bridgehead atoms. The Morgan fingerprint density at radius 1 is 1.21 bits per heavy atom. The van der Waals surface area contributed by atoms with Crippen molar-refractivity contribution in [1.82, 2.24) is 14.7 Å². The van der Waals surface area contributed by atoms with Crippen molar-refractivity contribution in [2.45, 2.75) is 51.1 Å². The van der Waals surface area contributed by atoms with Crippen LogP contribution >= 0.6 is 11.6 Å². The van der Waals surface area contributed by atoms with Crippen molar-refractivity contribution in [2.24, 2.45) is 5.92 Å². The van der Waals surface area contributed by atoms with E-state index < -0.39 is 0 Å². The van der Waals surface area contributed by atoms with Crippen LogP contribution in [0.25, 0.3) is 0 Å². The predicted molar refractivity (Wildman–Crippen MR) is 78.5 cm³/mol. The lowest BCUT2D eigenvalue weighted by atomic mass is 9.96. The van der Waals surface area contributed by atoms with E-state index >= 15 is 0 Å². The summed E-state index contributed by atoms with van der Waals surface area (Å²) in [7, 11) is 0. The van der Waals surface area contributed by atoms with Gasteiger partial charge >= 0.3 is 0 Å². The van der Waals surface area contributed by atoms with Crippen LogP contribution < -0.4 is 0 Å². The summed E-state index contributed by atoms with van der Waals surface area (Å²) in [5.41, 5.74) is 1.22. The number of likely N-dealkylation sites (tertiary alicyclic amines) is 1. The SMILES string of the molecule is ClCC1CCN(Cc2ccn(C3CCCCC3)n2)C1. The molecule has 0 radical (unpaired) electrons. The smallest absolute Gasteiger partial charge is 0.0764 e. The van der Waals surface area contributed by atoms with Crippen molar-refractivity contribution in [1.29, 1.82) is 0 Å². The molecule has 1 aromatic heterocycles. The molecular formula is C15H24ClN3. The van der Waals surface area contributed by atoms with E-state index in [1.807, 2.05) is 0 Å². The zero-order valence-corrected chi connectivity index (χ0v) is 12.4. The number of halogens is 1. The first-order valence-corrected chi connectivity index (χ1v) is 8.21. The Bertz CT molecular complexity index is 398. The standard InChI is InChI=1S/C15H24ClN3/c16-10-13-6-8-18(11-13)12-14-7-9-19(17-14)15-4-2-1-3-5-15/h7,9,13,15H,1-6,8,10-12H2. The Kier molecular flexibility index (Phi) is 4.44. The van der Waals surface area contributed by atoms with Crippen LogP contribution in [-0.2, 0) is 6.54 Å². The summed E-state index contributed by atoms with van der Waals surface area (Å²) in [5, 5.41) is 4.79. The highest BCUT2D eigenvalue weighted by Crippen LogP contribution is 2.27. The van der Waals surface area contributed by atoms with Gasteiger partial charge in [-0.15, -0.1) is 11.6 Å². The first-order chi connectivity index (χ1) is 9.35. The third-order valence-corrected chi connectivity index (χ3v) is 5.02. The molecule has 0 aromatic carbocycles. The average Bonchev–Trinajstić information content (AvgIpc) is 3.09. The number of nitrogens with zero attached hydrogens (tertiary/aromatic N) is 3. The molecule has 3 rings (SSSR count). The predicted octanol–water partition coefficient (Wildman–Crippen LogP) is 3.45. The fraction of sp³-hybridized carbons (Fsp3) is 0.800. The molecule has 2 fully saturated rings. The van der Waals surface area contributed by atoms with Crippen LogP contribution in [0.5, 0.6) is 0 Å². The molecule has 1 aromatic rings. The molecule has 1 aliphatic carbocycles. The fourth-order valence-corrected chi connectivity index (χ4v) is 3.67. The molecule has 2 aliphatic rings. The molecule has 1 unspecified atom stereocenters. The van der Waals surface area contributed by atoms with Crippen LogP contribution in [0.15, 0.2) is 12.3 Å². The van der Waals surface area contributed by atoms with Crippen molar-refractivity contribution in [3.05, 3.63) is 18.0 Å². The third kappa shape index (κ3) is 3.32. The van der Waals surface area contributed by atoms with Gasteiger partial charge in [0.15, 0.2) is 0 Å². The van der Waals surface area contributed by atoms with Crippen LogP contribution in [0.4, 0.5) is 0 Å². The lowest BCUT2D eigenvalue weighted by Crippen LogP contribution is -2.21. The van der Waals surface area contributed by atoms with Gasteiger partial charge in [0.1, 0.15) is 0 Å². The van der Waals surface area contributed by atoms with Crippen molar-refractivity contribution in [3.63, 3.8) is 0 Å². The minimum atomic E-state index is 0.650. The largest absolute Gasteiger partial charge is 0.297 e. The first kappa shape index (κ1) is 13.4. The Hall–Kier alpha value is -0.540. The van der Waals surface area contributed by atoms with Crippen molar-refractivity contribution in [2.75, 3.05) is 19.0 Å². The fourth-order valence-electron chi connectivity index (χ4n) is 3.42. The number of hydrogen-bond donors (Lipinski definition) is 0. The second kappa shape index (κ2) is 6.27. The summed E-state index contributed by atoms with van der Waals surface area (Å²) >= 11 is 5.94. The van der Waals surface area contributed by atoms with Crippen molar-refractivity contribution < 1.29 is 0 Å². The van der Waals surface area contributed by atoms with Gasteiger partial charge in [-0.25, -0.2) is 0 Å². The molecule has 0 spiro atoms.